The van der Waals surface area contributed by atoms with E-state index in [0.717, 1.165) is 19.4 Å². The number of hydrogen-bond acceptors (Lipinski definition) is 5. The molecule has 2 rings (SSSR count). The van der Waals surface area contributed by atoms with Crippen molar-refractivity contribution in [1.29, 1.82) is 0 Å². The lowest BCUT2D eigenvalue weighted by Gasteiger charge is -2.28. The zero-order chi connectivity index (χ0) is 14.8. The summed E-state index contributed by atoms with van der Waals surface area (Å²) >= 11 is 0. The van der Waals surface area contributed by atoms with Crippen molar-refractivity contribution in [3.8, 4) is 0 Å². The van der Waals surface area contributed by atoms with Crippen LogP contribution in [0.4, 0.5) is 0 Å². The number of methoxy groups -OCH3 is 1. The van der Waals surface area contributed by atoms with Gasteiger partial charge in [0.25, 0.3) is 0 Å². The summed E-state index contributed by atoms with van der Waals surface area (Å²) in [5.74, 6) is 0. The maximum absolute atomic E-state index is 12.3. The fourth-order valence-electron chi connectivity index (χ4n) is 2.52. The van der Waals surface area contributed by atoms with Crippen LogP contribution in [0.25, 0.3) is 0 Å². The van der Waals surface area contributed by atoms with Crippen LogP contribution >= 0.6 is 0 Å². The smallest absolute Gasteiger partial charge is 0.244 e. The van der Waals surface area contributed by atoms with E-state index in [1.807, 2.05) is 0 Å². The van der Waals surface area contributed by atoms with Gasteiger partial charge in [-0.1, -0.05) is 0 Å². The third kappa shape index (κ3) is 3.03. The van der Waals surface area contributed by atoms with Crippen LogP contribution in [-0.4, -0.2) is 50.5 Å². The van der Waals surface area contributed by atoms with E-state index in [1.54, 1.807) is 25.8 Å². The van der Waals surface area contributed by atoms with Crippen molar-refractivity contribution in [2.24, 2.45) is 7.05 Å². The van der Waals surface area contributed by atoms with E-state index in [4.69, 9.17) is 4.74 Å². The molecule has 1 atom stereocenters. The van der Waals surface area contributed by atoms with Gasteiger partial charge in [-0.05, 0) is 26.3 Å². The number of aromatic nitrogens is 2. The van der Waals surface area contributed by atoms with Gasteiger partial charge in [0.05, 0.1) is 24.0 Å². The van der Waals surface area contributed by atoms with E-state index in [-0.39, 0.29) is 10.4 Å². The molecule has 0 bridgehead atoms. The Morgan fingerprint density at radius 2 is 2.35 bits per heavy atom. The molecule has 0 amide bonds. The van der Waals surface area contributed by atoms with Gasteiger partial charge >= 0.3 is 0 Å². The van der Waals surface area contributed by atoms with E-state index in [2.05, 4.69) is 15.1 Å². The molecular weight excluding hydrogens is 280 g/mol. The highest BCUT2D eigenvalue weighted by atomic mass is 32.2. The van der Waals surface area contributed by atoms with E-state index in [9.17, 15) is 8.42 Å². The summed E-state index contributed by atoms with van der Waals surface area (Å²) < 4.78 is 34.1. The SMILES string of the molecule is COCC1(CNS(=O)(=O)c2cnn(C)c2C)CCCN1. The predicted octanol–water partition coefficient (Wildman–Crippen LogP) is -0.225. The first-order chi connectivity index (χ1) is 9.40. The Balaban J connectivity index is 2.11. The van der Waals surface area contributed by atoms with Crippen molar-refractivity contribution in [1.82, 2.24) is 19.8 Å². The normalized spacial score (nSPS) is 23.4. The van der Waals surface area contributed by atoms with Crippen LogP contribution < -0.4 is 10.0 Å². The molecule has 1 aliphatic rings. The Bertz CT molecular complexity index is 561. The standard InChI is InChI=1S/C12H22N4O3S/c1-10-11(7-14-16(10)2)20(17,18)15-8-12(9-19-3)5-4-6-13-12/h7,13,15H,4-6,8-9H2,1-3H3. The van der Waals surface area contributed by atoms with Crippen molar-refractivity contribution >= 4 is 10.0 Å². The molecule has 0 aromatic carbocycles. The Hall–Kier alpha value is -0.960. The maximum atomic E-state index is 12.3. The van der Waals surface area contributed by atoms with Gasteiger partial charge in [0.2, 0.25) is 10.0 Å². The van der Waals surface area contributed by atoms with Crippen LogP contribution in [0.3, 0.4) is 0 Å². The molecule has 8 heteroatoms. The molecule has 0 saturated carbocycles. The highest BCUT2D eigenvalue weighted by Gasteiger charge is 2.35. The molecule has 0 spiro atoms. The lowest BCUT2D eigenvalue weighted by Crippen LogP contribution is -2.52. The van der Waals surface area contributed by atoms with Gasteiger partial charge in [-0.2, -0.15) is 5.10 Å². The summed E-state index contributed by atoms with van der Waals surface area (Å²) in [6.07, 6.45) is 3.30. The summed E-state index contributed by atoms with van der Waals surface area (Å²) in [6, 6.07) is 0. The van der Waals surface area contributed by atoms with Crippen LogP contribution in [-0.2, 0) is 21.8 Å². The minimum Gasteiger partial charge on any atom is -0.383 e. The summed E-state index contributed by atoms with van der Waals surface area (Å²) in [7, 11) is -0.195. The second kappa shape index (κ2) is 5.80. The first-order valence-electron chi connectivity index (χ1n) is 6.62. The van der Waals surface area contributed by atoms with Gasteiger partial charge in [-0.3, -0.25) is 4.68 Å². The predicted molar refractivity (Wildman–Crippen MR) is 75.0 cm³/mol. The van der Waals surface area contributed by atoms with Crippen LogP contribution in [0.2, 0.25) is 0 Å². The largest absolute Gasteiger partial charge is 0.383 e. The van der Waals surface area contributed by atoms with Gasteiger partial charge in [0.1, 0.15) is 4.90 Å². The zero-order valence-corrected chi connectivity index (χ0v) is 13.0. The Morgan fingerprint density at radius 3 is 2.85 bits per heavy atom. The quantitative estimate of drug-likeness (QED) is 0.758. The van der Waals surface area contributed by atoms with Crippen molar-refractivity contribution in [3.05, 3.63) is 11.9 Å². The molecular formula is C12H22N4O3S. The van der Waals surface area contributed by atoms with Gasteiger partial charge in [-0.25, -0.2) is 13.1 Å². The Morgan fingerprint density at radius 1 is 1.60 bits per heavy atom. The second-order valence-corrected chi connectivity index (χ2v) is 7.02. The van der Waals surface area contributed by atoms with Gasteiger partial charge in [-0.15, -0.1) is 0 Å². The van der Waals surface area contributed by atoms with Crippen LogP contribution in [0.1, 0.15) is 18.5 Å². The molecule has 1 aromatic heterocycles. The number of nitrogens with one attached hydrogen (secondary N) is 2. The summed E-state index contributed by atoms with van der Waals surface area (Å²) in [4.78, 5) is 0.227. The fraction of sp³-hybridized carbons (Fsp3) is 0.750. The number of rotatable bonds is 6. The molecule has 1 aromatic rings. The first-order valence-corrected chi connectivity index (χ1v) is 8.11. The minimum absolute atomic E-state index is 0.227. The molecule has 2 heterocycles. The molecule has 0 radical (unpaired) electrons. The van der Waals surface area contributed by atoms with Gasteiger partial charge < -0.3 is 10.1 Å². The van der Waals surface area contributed by atoms with Crippen molar-refractivity contribution < 1.29 is 13.2 Å². The monoisotopic (exact) mass is 302 g/mol. The average Bonchev–Trinajstić information content (AvgIpc) is 2.98. The number of ether oxygens (including phenoxy) is 1. The highest BCUT2D eigenvalue weighted by molar-refractivity contribution is 7.89. The van der Waals surface area contributed by atoms with Gasteiger partial charge in [0, 0.05) is 20.7 Å². The number of nitrogens with zero attached hydrogens (tertiary/aromatic N) is 2. The van der Waals surface area contributed by atoms with Crippen LogP contribution in [0, 0.1) is 6.92 Å². The lowest BCUT2D eigenvalue weighted by atomic mass is 9.99. The molecule has 0 aliphatic carbocycles. The summed E-state index contributed by atoms with van der Waals surface area (Å²) in [5.41, 5.74) is 0.315. The molecule has 1 aliphatic heterocycles. The zero-order valence-electron chi connectivity index (χ0n) is 12.1. The lowest BCUT2D eigenvalue weighted by molar-refractivity contribution is 0.122. The summed E-state index contributed by atoms with van der Waals surface area (Å²) in [6.45, 7) is 3.43. The number of aryl methyl sites for hydroxylation is 1. The second-order valence-electron chi connectivity index (χ2n) is 5.29. The molecule has 1 fully saturated rings. The summed E-state index contributed by atoms with van der Waals surface area (Å²) in [5, 5.41) is 7.32. The highest BCUT2D eigenvalue weighted by Crippen LogP contribution is 2.20. The molecule has 1 saturated heterocycles. The maximum Gasteiger partial charge on any atom is 0.244 e. The van der Waals surface area contributed by atoms with E-state index >= 15 is 0 Å². The molecule has 7 nitrogen and oxygen atoms in total. The van der Waals surface area contributed by atoms with E-state index in [0.29, 0.717) is 18.8 Å². The molecule has 114 valence electrons. The van der Waals surface area contributed by atoms with Gasteiger partial charge in [0.15, 0.2) is 0 Å². The van der Waals surface area contributed by atoms with E-state index in [1.165, 1.54) is 6.20 Å². The van der Waals surface area contributed by atoms with E-state index < -0.39 is 10.0 Å². The Kier molecular flexibility index (Phi) is 4.48. The van der Waals surface area contributed by atoms with Crippen molar-refractivity contribution in [3.63, 3.8) is 0 Å². The molecule has 1 unspecified atom stereocenters. The van der Waals surface area contributed by atoms with Crippen molar-refractivity contribution in [2.45, 2.75) is 30.2 Å². The van der Waals surface area contributed by atoms with Crippen molar-refractivity contribution in [2.75, 3.05) is 26.8 Å². The minimum atomic E-state index is -3.54. The Labute approximate surface area is 119 Å². The third-order valence-electron chi connectivity index (χ3n) is 3.83. The molecule has 2 N–H and O–H groups in total. The van der Waals surface area contributed by atoms with Crippen LogP contribution in [0.15, 0.2) is 11.1 Å². The molecule has 20 heavy (non-hydrogen) atoms. The average molecular weight is 302 g/mol. The topological polar surface area (TPSA) is 85.2 Å². The van der Waals surface area contributed by atoms with Crippen LogP contribution in [0.5, 0.6) is 0 Å². The number of sulfonamides is 1. The first kappa shape index (κ1) is 15.4. The fourth-order valence-corrected chi connectivity index (χ4v) is 3.85. The third-order valence-corrected chi connectivity index (χ3v) is 5.34. The number of hydrogen-bond donors (Lipinski definition) is 2.